The van der Waals surface area contributed by atoms with Crippen molar-refractivity contribution in [2.75, 3.05) is 18.5 Å². The molecule has 0 unspecified atom stereocenters. The highest BCUT2D eigenvalue weighted by atomic mass is 16.5. The number of aliphatic hydroxyl groups excluding tert-OH is 2. The van der Waals surface area contributed by atoms with E-state index in [0.717, 1.165) is 12.8 Å². The number of carbonyl (C=O) groups excluding carboxylic acids is 2. The lowest BCUT2D eigenvalue weighted by atomic mass is 10.2. The molecule has 0 radical (unpaired) electrons. The molecular formula is C18H20N4O5. The minimum Gasteiger partial charge on any atom is -0.394 e. The largest absolute Gasteiger partial charge is 0.394 e. The van der Waals surface area contributed by atoms with Gasteiger partial charge in [-0.25, -0.2) is 0 Å². The molecule has 1 aromatic carbocycles. The van der Waals surface area contributed by atoms with E-state index in [9.17, 15) is 19.8 Å². The fourth-order valence-corrected chi connectivity index (χ4v) is 3.21. The first-order valence-corrected chi connectivity index (χ1v) is 8.90. The van der Waals surface area contributed by atoms with Gasteiger partial charge in [0.25, 0.3) is 0 Å². The zero-order valence-corrected chi connectivity index (χ0v) is 14.5. The summed E-state index contributed by atoms with van der Waals surface area (Å²) in [4.78, 5) is 30.2. The van der Waals surface area contributed by atoms with Crippen LogP contribution in [0.15, 0.2) is 28.8 Å². The number of benzene rings is 1. The van der Waals surface area contributed by atoms with Crippen LogP contribution >= 0.6 is 0 Å². The maximum atomic E-state index is 12.4. The number of amides is 2. The summed E-state index contributed by atoms with van der Waals surface area (Å²) in [5.41, 5.74) is 1.09. The van der Waals surface area contributed by atoms with Crippen LogP contribution in [0, 0.1) is 0 Å². The molecule has 2 heterocycles. The molecule has 9 nitrogen and oxygen atoms in total. The van der Waals surface area contributed by atoms with Crippen LogP contribution in [0.1, 0.15) is 31.1 Å². The molecule has 2 fully saturated rings. The summed E-state index contributed by atoms with van der Waals surface area (Å²) in [6.07, 6.45) is 1.63. The van der Waals surface area contributed by atoms with Gasteiger partial charge in [0.05, 0.1) is 18.8 Å². The quantitative estimate of drug-likeness (QED) is 0.667. The monoisotopic (exact) mass is 372 g/mol. The van der Waals surface area contributed by atoms with Crippen LogP contribution in [0.4, 0.5) is 5.69 Å². The third-order valence-corrected chi connectivity index (χ3v) is 4.81. The average Bonchev–Trinajstić information content (AvgIpc) is 3.27. The van der Waals surface area contributed by atoms with Crippen molar-refractivity contribution in [3.63, 3.8) is 0 Å². The average molecular weight is 372 g/mol. The van der Waals surface area contributed by atoms with E-state index in [4.69, 9.17) is 4.52 Å². The van der Waals surface area contributed by atoms with Gasteiger partial charge in [-0.15, -0.1) is 0 Å². The molecule has 0 spiro atoms. The lowest BCUT2D eigenvalue weighted by Crippen LogP contribution is -2.44. The Morgan fingerprint density at radius 1 is 1.33 bits per heavy atom. The minimum absolute atomic E-state index is 0.0321. The Morgan fingerprint density at radius 2 is 2.15 bits per heavy atom. The highest BCUT2D eigenvalue weighted by Gasteiger charge is 2.36. The summed E-state index contributed by atoms with van der Waals surface area (Å²) in [5.74, 6) is -0.209. The summed E-state index contributed by atoms with van der Waals surface area (Å²) in [5, 5.41) is 25.5. The van der Waals surface area contributed by atoms with E-state index in [0.29, 0.717) is 28.9 Å². The molecule has 1 saturated heterocycles. The molecule has 1 aliphatic heterocycles. The third kappa shape index (κ3) is 3.69. The molecule has 1 aliphatic carbocycles. The van der Waals surface area contributed by atoms with Crippen molar-refractivity contribution in [1.29, 1.82) is 0 Å². The lowest BCUT2D eigenvalue weighted by molar-refractivity contribution is -0.144. The van der Waals surface area contributed by atoms with E-state index in [1.165, 1.54) is 4.90 Å². The van der Waals surface area contributed by atoms with Gasteiger partial charge in [-0.1, -0.05) is 17.3 Å². The smallest absolute Gasteiger partial charge is 0.313 e. The van der Waals surface area contributed by atoms with Crippen molar-refractivity contribution < 1.29 is 24.3 Å². The Hall–Kier alpha value is -2.78. The van der Waals surface area contributed by atoms with Gasteiger partial charge in [-0.3, -0.25) is 9.59 Å². The molecule has 3 N–H and O–H groups in total. The van der Waals surface area contributed by atoms with Crippen molar-refractivity contribution in [3.05, 3.63) is 30.2 Å². The highest BCUT2D eigenvalue weighted by Crippen LogP contribution is 2.39. The number of nitrogens with one attached hydrogen (secondary N) is 1. The topological polar surface area (TPSA) is 129 Å². The van der Waals surface area contributed by atoms with Gasteiger partial charge in [0.1, 0.15) is 0 Å². The second-order valence-electron chi connectivity index (χ2n) is 6.95. The van der Waals surface area contributed by atoms with Crippen LogP contribution in [0.25, 0.3) is 11.4 Å². The Morgan fingerprint density at radius 3 is 2.89 bits per heavy atom. The summed E-state index contributed by atoms with van der Waals surface area (Å²) in [7, 11) is 0. The molecule has 1 aromatic heterocycles. The maximum absolute atomic E-state index is 12.4. The number of likely N-dealkylation sites (tertiary alicyclic amines) is 1. The van der Waals surface area contributed by atoms with Crippen molar-refractivity contribution in [2.24, 2.45) is 0 Å². The van der Waals surface area contributed by atoms with Gasteiger partial charge in [0.15, 0.2) is 0 Å². The Balaban J connectivity index is 1.45. The molecule has 2 atom stereocenters. The molecule has 2 aliphatic rings. The number of β-amino-alcohol motifs (C(OH)–C–C–N with tert-alkyl or cyclic N) is 1. The van der Waals surface area contributed by atoms with Gasteiger partial charge in [-0.2, -0.15) is 4.98 Å². The van der Waals surface area contributed by atoms with E-state index >= 15 is 0 Å². The molecule has 142 valence electrons. The number of aliphatic hydroxyl groups is 2. The number of nitrogens with zero attached hydrogens (tertiary/aromatic N) is 3. The predicted octanol–water partition coefficient (Wildman–Crippen LogP) is 0.507. The Bertz CT molecular complexity index is 863. The van der Waals surface area contributed by atoms with E-state index in [1.54, 1.807) is 24.3 Å². The first kappa shape index (κ1) is 17.6. The number of hydrogen-bond acceptors (Lipinski definition) is 7. The number of rotatable bonds is 4. The molecule has 9 heteroatoms. The summed E-state index contributed by atoms with van der Waals surface area (Å²) in [6, 6.07) is 6.27. The molecule has 4 rings (SSSR count). The third-order valence-electron chi connectivity index (χ3n) is 4.81. The second-order valence-corrected chi connectivity index (χ2v) is 6.95. The van der Waals surface area contributed by atoms with Crippen molar-refractivity contribution in [2.45, 2.75) is 37.3 Å². The van der Waals surface area contributed by atoms with E-state index in [1.807, 2.05) is 0 Å². The van der Waals surface area contributed by atoms with Crippen molar-refractivity contribution in [3.8, 4) is 11.4 Å². The minimum atomic E-state index is -0.827. The fourth-order valence-electron chi connectivity index (χ4n) is 3.21. The SMILES string of the molecule is O=C(Nc1cccc(-c2noc(C3CC3)n2)c1)C(=O)N1C[C@@H](O)C[C@H]1CO. The van der Waals surface area contributed by atoms with Gasteiger partial charge < -0.3 is 25.0 Å². The summed E-state index contributed by atoms with van der Waals surface area (Å²) < 4.78 is 5.25. The summed E-state index contributed by atoms with van der Waals surface area (Å²) >= 11 is 0. The number of hydrogen-bond donors (Lipinski definition) is 3. The van der Waals surface area contributed by atoms with Crippen molar-refractivity contribution >= 4 is 17.5 Å². The standard InChI is InChI=1S/C18H20N4O5/c23-9-13-7-14(24)8-22(13)18(26)16(25)19-12-3-1-2-11(6-12)15-20-17(27-21-15)10-4-5-10/h1-3,6,10,13-14,23-24H,4-5,7-9H2,(H,19,25)/t13-,14-/m0/s1. The van der Waals surface area contributed by atoms with Gasteiger partial charge in [0.2, 0.25) is 11.7 Å². The van der Waals surface area contributed by atoms with Crippen LogP contribution < -0.4 is 5.32 Å². The van der Waals surface area contributed by atoms with E-state index < -0.39 is 24.0 Å². The summed E-state index contributed by atoms with van der Waals surface area (Å²) in [6.45, 7) is -0.267. The first-order chi connectivity index (χ1) is 13.0. The second kappa shape index (κ2) is 7.09. The molecule has 2 amide bonds. The molecule has 2 aromatic rings. The number of aromatic nitrogens is 2. The maximum Gasteiger partial charge on any atom is 0.313 e. The van der Waals surface area contributed by atoms with Crippen LogP contribution in [0.3, 0.4) is 0 Å². The van der Waals surface area contributed by atoms with E-state index in [2.05, 4.69) is 15.5 Å². The molecular weight excluding hydrogens is 352 g/mol. The van der Waals surface area contributed by atoms with Crippen LogP contribution in [-0.4, -0.2) is 62.4 Å². The van der Waals surface area contributed by atoms with Crippen LogP contribution in [-0.2, 0) is 9.59 Å². The molecule has 27 heavy (non-hydrogen) atoms. The highest BCUT2D eigenvalue weighted by molar-refractivity contribution is 6.39. The molecule has 1 saturated carbocycles. The zero-order chi connectivity index (χ0) is 19.0. The number of carbonyl (C=O) groups is 2. The first-order valence-electron chi connectivity index (χ1n) is 8.90. The van der Waals surface area contributed by atoms with E-state index in [-0.39, 0.29) is 19.6 Å². The zero-order valence-electron chi connectivity index (χ0n) is 14.5. The van der Waals surface area contributed by atoms with Crippen LogP contribution in [0.2, 0.25) is 0 Å². The van der Waals surface area contributed by atoms with Gasteiger partial charge in [0, 0.05) is 23.7 Å². The predicted molar refractivity (Wildman–Crippen MR) is 93.5 cm³/mol. The lowest BCUT2D eigenvalue weighted by Gasteiger charge is -2.21. The Kier molecular flexibility index (Phi) is 4.63. The van der Waals surface area contributed by atoms with Gasteiger partial charge in [-0.05, 0) is 31.4 Å². The van der Waals surface area contributed by atoms with Crippen molar-refractivity contribution in [1.82, 2.24) is 15.0 Å². The fraction of sp³-hybridized carbons (Fsp3) is 0.444. The molecule has 0 bridgehead atoms. The number of anilines is 1. The van der Waals surface area contributed by atoms with Crippen LogP contribution in [0.5, 0.6) is 0 Å². The Labute approximate surface area is 155 Å². The van der Waals surface area contributed by atoms with Gasteiger partial charge >= 0.3 is 11.8 Å². The normalized spacial score (nSPS) is 22.1.